The summed E-state index contributed by atoms with van der Waals surface area (Å²) in [6, 6.07) is 0. The highest BCUT2D eigenvalue weighted by Gasteiger charge is 2.11. The number of hydrogen-bond donors (Lipinski definition) is 1. The van der Waals surface area contributed by atoms with E-state index in [2.05, 4.69) is 10.2 Å². The lowest BCUT2D eigenvalue weighted by molar-refractivity contribution is 0.0177. The fraction of sp³-hybridized carbons (Fsp3) is 0.778. The Hall–Kier alpha value is -0.720. The van der Waals surface area contributed by atoms with Crippen LogP contribution in [0.2, 0.25) is 0 Å². The van der Waals surface area contributed by atoms with Crippen LogP contribution in [0.25, 0.3) is 0 Å². The maximum atomic E-state index is 5.28. The van der Waals surface area contributed by atoms with E-state index in [1.165, 1.54) is 0 Å². The normalized spacial score (nSPS) is 13.0. The first-order valence-corrected chi connectivity index (χ1v) is 5.29. The van der Waals surface area contributed by atoms with Crippen LogP contribution in [0, 0.1) is 4.77 Å². The van der Waals surface area contributed by atoms with Crippen LogP contribution in [0.3, 0.4) is 0 Å². The van der Waals surface area contributed by atoms with E-state index >= 15 is 0 Å². The zero-order valence-electron chi connectivity index (χ0n) is 9.32. The summed E-state index contributed by atoms with van der Waals surface area (Å²) >= 11 is 5.14. The van der Waals surface area contributed by atoms with Crippen molar-refractivity contribution in [1.82, 2.24) is 14.8 Å². The standard InChI is InChI=1S/C9H17N3O2S/c1-4-8-10-11-9(15)12(8)5-7(14-3)6-13-2/h7H,4-6H2,1-3H3,(H,11,15). The third-order valence-electron chi connectivity index (χ3n) is 2.23. The number of rotatable bonds is 6. The molecule has 1 aromatic heterocycles. The molecule has 1 rings (SSSR count). The lowest BCUT2D eigenvalue weighted by Gasteiger charge is -2.15. The average molecular weight is 231 g/mol. The molecule has 0 saturated carbocycles. The van der Waals surface area contributed by atoms with Gasteiger partial charge in [-0.15, -0.1) is 0 Å². The molecule has 0 bridgehead atoms. The maximum absolute atomic E-state index is 5.28. The highest BCUT2D eigenvalue weighted by atomic mass is 32.1. The van der Waals surface area contributed by atoms with E-state index in [0.717, 1.165) is 12.2 Å². The Morgan fingerprint density at radius 3 is 2.80 bits per heavy atom. The highest BCUT2D eigenvalue weighted by molar-refractivity contribution is 7.71. The van der Waals surface area contributed by atoms with Crippen molar-refractivity contribution in [2.75, 3.05) is 20.8 Å². The van der Waals surface area contributed by atoms with Gasteiger partial charge in [-0.2, -0.15) is 5.10 Å². The zero-order chi connectivity index (χ0) is 11.3. The Labute approximate surface area is 94.4 Å². The van der Waals surface area contributed by atoms with Gasteiger partial charge in [0.25, 0.3) is 0 Å². The lowest BCUT2D eigenvalue weighted by Crippen LogP contribution is -2.24. The molecule has 0 aromatic carbocycles. The second-order valence-electron chi connectivity index (χ2n) is 3.22. The van der Waals surface area contributed by atoms with Gasteiger partial charge < -0.3 is 14.0 Å². The van der Waals surface area contributed by atoms with Crippen LogP contribution in [-0.4, -0.2) is 41.7 Å². The molecular weight excluding hydrogens is 214 g/mol. The number of aromatic nitrogens is 3. The summed E-state index contributed by atoms with van der Waals surface area (Å²) in [6.07, 6.45) is 0.848. The second kappa shape index (κ2) is 5.99. The predicted octanol–water partition coefficient (Wildman–Crippen LogP) is 1.16. The molecule has 0 spiro atoms. The highest BCUT2D eigenvalue weighted by Crippen LogP contribution is 2.03. The molecule has 0 aliphatic heterocycles. The van der Waals surface area contributed by atoms with Gasteiger partial charge in [0.1, 0.15) is 5.82 Å². The number of nitrogens with zero attached hydrogens (tertiary/aromatic N) is 2. The van der Waals surface area contributed by atoms with Gasteiger partial charge in [-0.1, -0.05) is 6.92 Å². The first kappa shape index (κ1) is 12.4. The van der Waals surface area contributed by atoms with Gasteiger partial charge in [0.15, 0.2) is 4.77 Å². The smallest absolute Gasteiger partial charge is 0.195 e. The molecule has 1 aromatic rings. The van der Waals surface area contributed by atoms with Crippen LogP contribution in [0.5, 0.6) is 0 Å². The maximum Gasteiger partial charge on any atom is 0.195 e. The van der Waals surface area contributed by atoms with Gasteiger partial charge in [0.2, 0.25) is 0 Å². The Morgan fingerprint density at radius 2 is 2.27 bits per heavy atom. The van der Waals surface area contributed by atoms with Crippen molar-refractivity contribution in [3.8, 4) is 0 Å². The minimum absolute atomic E-state index is 0.00426. The third kappa shape index (κ3) is 3.12. The Kier molecular flexibility index (Phi) is 4.93. The second-order valence-corrected chi connectivity index (χ2v) is 3.61. The molecule has 1 atom stereocenters. The predicted molar refractivity (Wildman–Crippen MR) is 59.5 cm³/mol. The number of aryl methyl sites for hydroxylation is 1. The molecule has 0 fully saturated rings. The Morgan fingerprint density at radius 1 is 1.53 bits per heavy atom. The summed E-state index contributed by atoms with van der Waals surface area (Å²) in [6.45, 7) is 3.26. The molecule has 5 nitrogen and oxygen atoms in total. The molecule has 0 amide bonds. The van der Waals surface area contributed by atoms with E-state index in [4.69, 9.17) is 21.7 Å². The van der Waals surface area contributed by atoms with Crippen molar-refractivity contribution < 1.29 is 9.47 Å². The van der Waals surface area contributed by atoms with Crippen LogP contribution in [0.4, 0.5) is 0 Å². The number of methoxy groups -OCH3 is 2. The number of aromatic amines is 1. The van der Waals surface area contributed by atoms with E-state index in [0.29, 0.717) is 17.9 Å². The number of ether oxygens (including phenoxy) is 2. The summed E-state index contributed by atoms with van der Waals surface area (Å²) in [4.78, 5) is 0. The number of hydrogen-bond acceptors (Lipinski definition) is 4. The quantitative estimate of drug-likeness (QED) is 0.747. The Balaban J connectivity index is 2.77. The van der Waals surface area contributed by atoms with Gasteiger partial charge >= 0.3 is 0 Å². The molecule has 1 unspecified atom stereocenters. The summed E-state index contributed by atoms with van der Waals surface area (Å²) in [5, 5.41) is 6.91. The molecule has 0 saturated heterocycles. The average Bonchev–Trinajstić information content (AvgIpc) is 2.59. The topological polar surface area (TPSA) is 52.1 Å². The first-order chi connectivity index (χ1) is 7.22. The monoisotopic (exact) mass is 231 g/mol. The van der Waals surface area contributed by atoms with Crippen molar-refractivity contribution >= 4 is 12.2 Å². The summed E-state index contributed by atoms with van der Waals surface area (Å²) in [5.74, 6) is 0.943. The summed E-state index contributed by atoms with van der Waals surface area (Å²) in [7, 11) is 3.32. The van der Waals surface area contributed by atoms with Crippen molar-refractivity contribution in [2.24, 2.45) is 0 Å². The molecule has 86 valence electrons. The number of nitrogens with one attached hydrogen (secondary N) is 1. The molecule has 1 heterocycles. The van der Waals surface area contributed by atoms with Crippen LogP contribution in [-0.2, 0) is 22.4 Å². The van der Waals surface area contributed by atoms with Gasteiger partial charge in [0.05, 0.1) is 19.3 Å². The summed E-state index contributed by atoms with van der Waals surface area (Å²) in [5.41, 5.74) is 0. The largest absolute Gasteiger partial charge is 0.382 e. The van der Waals surface area contributed by atoms with E-state index in [9.17, 15) is 0 Å². The van der Waals surface area contributed by atoms with Crippen LogP contribution < -0.4 is 0 Å². The van der Waals surface area contributed by atoms with Crippen LogP contribution in [0.1, 0.15) is 12.7 Å². The molecule has 1 N–H and O–H groups in total. The first-order valence-electron chi connectivity index (χ1n) is 4.88. The van der Waals surface area contributed by atoms with Crippen LogP contribution >= 0.6 is 12.2 Å². The number of H-pyrrole nitrogens is 1. The molecule has 15 heavy (non-hydrogen) atoms. The molecule has 0 aliphatic carbocycles. The van der Waals surface area contributed by atoms with Gasteiger partial charge in [-0.25, -0.2) is 0 Å². The van der Waals surface area contributed by atoms with Crippen molar-refractivity contribution in [3.05, 3.63) is 10.6 Å². The molecule has 0 radical (unpaired) electrons. The molecule has 0 aliphatic rings. The third-order valence-corrected chi connectivity index (χ3v) is 2.54. The van der Waals surface area contributed by atoms with Crippen LogP contribution in [0.15, 0.2) is 0 Å². The minimum Gasteiger partial charge on any atom is -0.382 e. The van der Waals surface area contributed by atoms with Gasteiger partial charge in [-0.3, -0.25) is 5.10 Å². The summed E-state index contributed by atoms with van der Waals surface area (Å²) < 4.78 is 12.9. The van der Waals surface area contributed by atoms with E-state index in [1.54, 1.807) is 14.2 Å². The Bertz CT molecular complexity index is 347. The van der Waals surface area contributed by atoms with Crippen molar-refractivity contribution in [1.29, 1.82) is 0 Å². The SMILES string of the molecule is CCc1n[nH]c(=S)n1CC(COC)OC. The fourth-order valence-electron chi connectivity index (χ4n) is 1.39. The van der Waals surface area contributed by atoms with E-state index in [-0.39, 0.29) is 6.10 Å². The van der Waals surface area contributed by atoms with E-state index in [1.807, 2.05) is 11.5 Å². The zero-order valence-corrected chi connectivity index (χ0v) is 10.1. The van der Waals surface area contributed by atoms with E-state index < -0.39 is 0 Å². The van der Waals surface area contributed by atoms with Crippen molar-refractivity contribution in [3.63, 3.8) is 0 Å². The molecular formula is C9H17N3O2S. The van der Waals surface area contributed by atoms with Gasteiger partial charge in [0, 0.05) is 20.6 Å². The minimum atomic E-state index is 0.00426. The molecule has 6 heteroatoms. The lowest BCUT2D eigenvalue weighted by atomic mass is 10.3. The van der Waals surface area contributed by atoms with Crippen molar-refractivity contribution in [2.45, 2.75) is 26.0 Å². The fourth-order valence-corrected chi connectivity index (χ4v) is 1.62. The van der Waals surface area contributed by atoms with Gasteiger partial charge in [-0.05, 0) is 12.2 Å².